The number of anilines is 2. The van der Waals surface area contributed by atoms with Gasteiger partial charge in [-0.2, -0.15) is 0 Å². The molecule has 1 aromatic rings. The lowest BCUT2D eigenvalue weighted by atomic mass is 9.78. The summed E-state index contributed by atoms with van der Waals surface area (Å²) in [5.41, 5.74) is 2.50. The predicted octanol–water partition coefficient (Wildman–Crippen LogP) is 4.96. The van der Waals surface area contributed by atoms with E-state index < -0.39 is 5.97 Å². The highest BCUT2D eigenvalue weighted by Gasteiger charge is 2.33. The van der Waals surface area contributed by atoms with Crippen molar-refractivity contribution in [3.05, 3.63) is 17.3 Å². The largest absolute Gasteiger partial charge is 0.461 e. The van der Waals surface area contributed by atoms with Crippen LogP contribution in [0.1, 0.15) is 89.7 Å². The normalized spacial score (nSPS) is 19.7. The summed E-state index contributed by atoms with van der Waals surface area (Å²) in [7, 11) is 0. The zero-order valence-corrected chi connectivity index (χ0v) is 23.3. The molecule has 2 N–H and O–H groups in total. The molecule has 2 saturated heterocycles. The first-order valence-electron chi connectivity index (χ1n) is 13.9. The second-order valence-corrected chi connectivity index (χ2v) is 10.8. The SMILES string of the molecule is CC.CCOC(=O)c1cc(N2CCC(N3CCOCC3)CC2)c(C(=N)C2CCC2)c(NC(C)(C)C)n1. The number of nitrogens with zero attached hydrogens (tertiary/aromatic N) is 3. The van der Waals surface area contributed by atoms with Gasteiger partial charge in [0.1, 0.15) is 5.82 Å². The van der Waals surface area contributed by atoms with Crippen LogP contribution in [0.3, 0.4) is 0 Å². The lowest BCUT2D eigenvalue weighted by Gasteiger charge is -2.42. The van der Waals surface area contributed by atoms with Crippen molar-refractivity contribution in [3.63, 3.8) is 0 Å². The minimum Gasteiger partial charge on any atom is -0.461 e. The quantitative estimate of drug-likeness (QED) is 0.403. The van der Waals surface area contributed by atoms with Gasteiger partial charge in [0.25, 0.3) is 0 Å². The first kappa shape index (κ1) is 28.4. The maximum Gasteiger partial charge on any atom is 0.357 e. The van der Waals surface area contributed by atoms with Gasteiger partial charge in [-0.05, 0) is 59.4 Å². The summed E-state index contributed by atoms with van der Waals surface area (Å²) in [6, 6.07) is 2.43. The van der Waals surface area contributed by atoms with Gasteiger partial charge in [0.05, 0.1) is 31.1 Å². The van der Waals surface area contributed by atoms with Crippen LogP contribution in [0.4, 0.5) is 11.5 Å². The predicted molar refractivity (Wildman–Crippen MR) is 147 cm³/mol. The zero-order valence-electron chi connectivity index (χ0n) is 23.3. The number of pyridine rings is 1. The van der Waals surface area contributed by atoms with E-state index in [0.29, 0.717) is 29.9 Å². The smallest absolute Gasteiger partial charge is 0.357 e. The van der Waals surface area contributed by atoms with Gasteiger partial charge >= 0.3 is 5.97 Å². The molecule has 4 rings (SSSR count). The fourth-order valence-corrected chi connectivity index (χ4v) is 5.12. The average molecular weight is 502 g/mol. The van der Waals surface area contributed by atoms with Crippen molar-refractivity contribution in [2.24, 2.45) is 5.92 Å². The van der Waals surface area contributed by atoms with Gasteiger partial charge in [-0.25, -0.2) is 9.78 Å². The lowest BCUT2D eigenvalue weighted by Crippen LogP contribution is -2.49. The van der Waals surface area contributed by atoms with Crippen molar-refractivity contribution < 1.29 is 14.3 Å². The number of hydrogen-bond acceptors (Lipinski definition) is 8. The molecule has 0 radical (unpaired) electrons. The Labute approximate surface area is 217 Å². The molecule has 3 aliphatic rings. The molecule has 1 saturated carbocycles. The van der Waals surface area contributed by atoms with Crippen LogP contribution in [0.15, 0.2) is 6.07 Å². The maximum atomic E-state index is 12.7. The summed E-state index contributed by atoms with van der Waals surface area (Å²) < 4.78 is 10.8. The van der Waals surface area contributed by atoms with Gasteiger partial charge in [-0.3, -0.25) is 4.90 Å². The first-order chi connectivity index (χ1) is 17.3. The van der Waals surface area contributed by atoms with Crippen LogP contribution in [0, 0.1) is 11.3 Å². The fraction of sp³-hybridized carbons (Fsp3) is 0.750. The minimum absolute atomic E-state index is 0.254. The summed E-state index contributed by atoms with van der Waals surface area (Å²) in [6.07, 6.45) is 5.40. The third kappa shape index (κ3) is 6.97. The van der Waals surface area contributed by atoms with Crippen molar-refractivity contribution >= 4 is 23.2 Å². The molecule has 0 bridgehead atoms. The second kappa shape index (κ2) is 12.9. The van der Waals surface area contributed by atoms with Crippen molar-refractivity contribution in [1.82, 2.24) is 9.88 Å². The van der Waals surface area contributed by atoms with Crippen LogP contribution in [0.25, 0.3) is 0 Å². The molecule has 0 unspecified atom stereocenters. The second-order valence-electron chi connectivity index (χ2n) is 10.8. The van der Waals surface area contributed by atoms with Crippen LogP contribution in [0.5, 0.6) is 0 Å². The Kier molecular flexibility index (Phi) is 10.1. The summed E-state index contributed by atoms with van der Waals surface area (Å²) in [4.78, 5) is 22.4. The number of piperidine rings is 1. The zero-order chi connectivity index (χ0) is 26.3. The highest BCUT2D eigenvalue weighted by Crippen LogP contribution is 2.38. The number of nitrogens with one attached hydrogen (secondary N) is 2. The van der Waals surface area contributed by atoms with E-state index in [1.165, 1.54) is 6.42 Å². The number of hydrogen-bond donors (Lipinski definition) is 2. The third-order valence-corrected chi connectivity index (χ3v) is 7.13. The molecule has 202 valence electrons. The number of carbonyl (C=O) groups is 1. The van der Waals surface area contributed by atoms with E-state index >= 15 is 0 Å². The molecule has 3 heterocycles. The van der Waals surface area contributed by atoms with Crippen LogP contribution < -0.4 is 10.2 Å². The van der Waals surface area contributed by atoms with Gasteiger partial charge < -0.3 is 25.1 Å². The Morgan fingerprint density at radius 1 is 1.14 bits per heavy atom. The van der Waals surface area contributed by atoms with E-state index in [1.54, 1.807) is 0 Å². The van der Waals surface area contributed by atoms with Gasteiger partial charge in [0, 0.05) is 49.4 Å². The van der Waals surface area contributed by atoms with Crippen LogP contribution in [-0.4, -0.2) is 79.1 Å². The number of aromatic nitrogens is 1. The summed E-state index contributed by atoms with van der Waals surface area (Å²) in [6.45, 7) is 17.8. The molecule has 36 heavy (non-hydrogen) atoms. The Morgan fingerprint density at radius 3 is 2.31 bits per heavy atom. The van der Waals surface area contributed by atoms with Crippen LogP contribution in [-0.2, 0) is 9.47 Å². The Balaban J connectivity index is 0.00000176. The number of carbonyl (C=O) groups excluding carboxylic acids is 1. The molecule has 0 atom stereocenters. The van der Waals surface area contributed by atoms with Crippen molar-refractivity contribution in [2.45, 2.75) is 85.2 Å². The third-order valence-electron chi connectivity index (χ3n) is 7.13. The fourth-order valence-electron chi connectivity index (χ4n) is 5.12. The molecule has 2 aliphatic heterocycles. The maximum absolute atomic E-state index is 12.7. The molecule has 0 amide bonds. The Bertz CT molecular complexity index is 880. The molecule has 0 spiro atoms. The monoisotopic (exact) mass is 501 g/mol. The van der Waals surface area contributed by atoms with E-state index in [-0.39, 0.29) is 11.5 Å². The van der Waals surface area contributed by atoms with Crippen LogP contribution in [0.2, 0.25) is 0 Å². The van der Waals surface area contributed by atoms with Gasteiger partial charge in [0.2, 0.25) is 0 Å². The summed E-state index contributed by atoms with van der Waals surface area (Å²) in [5.74, 6) is 0.478. The first-order valence-corrected chi connectivity index (χ1v) is 13.9. The molecular weight excluding hydrogens is 454 g/mol. The number of rotatable bonds is 7. The Hall–Kier alpha value is -2.19. The summed E-state index contributed by atoms with van der Waals surface area (Å²) in [5, 5.41) is 12.6. The highest BCUT2D eigenvalue weighted by molar-refractivity contribution is 6.10. The van der Waals surface area contributed by atoms with Crippen molar-refractivity contribution in [3.8, 4) is 0 Å². The molecule has 1 aliphatic carbocycles. The van der Waals surface area contributed by atoms with E-state index in [9.17, 15) is 4.79 Å². The van der Waals surface area contributed by atoms with Gasteiger partial charge in [0.15, 0.2) is 5.69 Å². The molecule has 8 nitrogen and oxygen atoms in total. The molecule has 3 fully saturated rings. The molecule has 1 aromatic heterocycles. The van der Waals surface area contributed by atoms with Gasteiger partial charge in [-0.15, -0.1) is 0 Å². The molecule has 8 heteroatoms. The van der Waals surface area contributed by atoms with E-state index in [4.69, 9.17) is 19.9 Å². The van der Waals surface area contributed by atoms with E-state index in [0.717, 1.165) is 76.3 Å². The van der Waals surface area contributed by atoms with E-state index in [2.05, 4.69) is 35.9 Å². The van der Waals surface area contributed by atoms with Crippen molar-refractivity contribution in [1.29, 1.82) is 5.41 Å². The van der Waals surface area contributed by atoms with Gasteiger partial charge in [-0.1, -0.05) is 20.3 Å². The minimum atomic E-state index is -0.411. The number of ether oxygens (including phenoxy) is 2. The Morgan fingerprint density at radius 2 is 1.78 bits per heavy atom. The van der Waals surface area contributed by atoms with Crippen LogP contribution >= 0.6 is 0 Å². The number of esters is 1. The van der Waals surface area contributed by atoms with Crippen molar-refractivity contribution in [2.75, 3.05) is 56.2 Å². The molecule has 0 aromatic carbocycles. The molecular formula is C28H47N5O3. The van der Waals surface area contributed by atoms with E-state index in [1.807, 2.05) is 26.8 Å². The average Bonchev–Trinajstić information content (AvgIpc) is 2.83. The summed E-state index contributed by atoms with van der Waals surface area (Å²) >= 11 is 0. The lowest BCUT2D eigenvalue weighted by molar-refractivity contribution is 0.0115. The number of morpholine rings is 1. The topological polar surface area (TPSA) is 90.8 Å². The highest BCUT2D eigenvalue weighted by atomic mass is 16.5. The standard InChI is InChI=1S/C26H41N5O3.C2H6/c1-5-34-25(32)20-17-21(31-11-9-19(10-12-31)30-13-15-33-16-14-30)22(23(27)18-7-6-8-18)24(28-20)29-26(2,3)4;1-2/h17-19,27H,5-16H2,1-4H3,(H,28,29);1-2H3.